The van der Waals surface area contributed by atoms with Gasteiger partial charge in [0.1, 0.15) is 6.33 Å². The molecule has 0 saturated carbocycles. The first kappa shape index (κ1) is 18.3. The molecule has 1 atom stereocenters. The molecule has 2 amide bonds. The van der Waals surface area contributed by atoms with Gasteiger partial charge >= 0.3 is 6.03 Å². The average Bonchev–Trinajstić information content (AvgIpc) is 3.24. The smallest absolute Gasteiger partial charge is 0.317 e. The summed E-state index contributed by atoms with van der Waals surface area (Å²) >= 11 is 1.56. The highest BCUT2D eigenvalue weighted by Gasteiger charge is 2.28. The normalized spacial score (nSPS) is 20.3. The Morgan fingerprint density at radius 3 is 2.81 bits per heavy atom. The van der Waals surface area contributed by atoms with Crippen molar-refractivity contribution >= 4 is 17.8 Å². The minimum Gasteiger partial charge on any atom is -0.337 e. The summed E-state index contributed by atoms with van der Waals surface area (Å²) in [6.07, 6.45) is 5.03. The quantitative estimate of drug-likeness (QED) is 0.605. The molecule has 0 bridgehead atoms. The second-order valence-corrected chi connectivity index (χ2v) is 8.14. The van der Waals surface area contributed by atoms with Gasteiger partial charge in [-0.3, -0.25) is 10.00 Å². The third-order valence-corrected chi connectivity index (χ3v) is 6.33. The monoisotopic (exact) mass is 386 g/mol. The number of thioether (sulfide) groups is 1. The lowest BCUT2D eigenvalue weighted by Gasteiger charge is -2.41. The topological polar surface area (TPSA) is 77.1 Å². The van der Waals surface area contributed by atoms with E-state index < -0.39 is 0 Å². The molecule has 0 radical (unpaired) electrons. The van der Waals surface area contributed by atoms with Gasteiger partial charge in [0.25, 0.3) is 0 Å². The molecule has 2 heterocycles. The number of aromatic nitrogens is 3. The molecule has 2 N–H and O–H groups in total. The predicted molar refractivity (Wildman–Crippen MR) is 106 cm³/mol. The van der Waals surface area contributed by atoms with Crippen LogP contribution < -0.4 is 5.32 Å². The summed E-state index contributed by atoms with van der Waals surface area (Å²) in [7, 11) is 0. The van der Waals surface area contributed by atoms with E-state index in [9.17, 15) is 4.79 Å². The fraction of sp³-hybridized carbons (Fsp3) is 0.526. The van der Waals surface area contributed by atoms with E-state index in [-0.39, 0.29) is 6.03 Å². The van der Waals surface area contributed by atoms with Gasteiger partial charge in [0.2, 0.25) is 0 Å². The number of amides is 2. The molecule has 1 aliphatic carbocycles. The fourth-order valence-electron chi connectivity index (χ4n) is 3.96. The van der Waals surface area contributed by atoms with Crippen LogP contribution >= 0.6 is 11.8 Å². The van der Waals surface area contributed by atoms with Gasteiger partial charge in [-0.15, -0.1) is 0 Å². The first-order valence-electron chi connectivity index (χ1n) is 9.61. The second kappa shape index (κ2) is 8.75. The van der Waals surface area contributed by atoms with E-state index >= 15 is 0 Å². The number of benzene rings is 1. The van der Waals surface area contributed by atoms with Crippen LogP contribution in [0.5, 0.6) is 0 Å². The second-order valence-electron chi connectivity index (χ2n) is 7.06. The average molecular weight is 387 g/mol. The molecule has 0 unspecified atom stereocenters. The summed E-state index contributed by atoms with van der Waals surface area (Å²) in [5.74, 6) is 0.780. The van der Waals surface area contributed by atoms with Crippen LogP contribution in [0.3, 0.4) is 0 Å². The maximum Gasteiger partial charge on any atom is 0.317 e. The van der Waals surface area contributed by atoms with Gasteiger partial charge in [-0.2, -0.15) is 5.10 Å². The van der Waals surface area contributed by atoms with Crippen LogP contribution in [0.4, 0.5) is 4.79 Å². The van der Waals surface area contributed by atoms with Crippen LogP contribution in [0, 0.1) is 0 Å². The molecule has 1 aliphatic heterocycles. The lowest BCUT2D eigenvalue weighted by Crippen LogP contribution is -2.55. The number of rotatable bonds is 5. The van der Waals surface area contributed by atoms with E-state index in [4.69, 9.17) is 0 Å². The highest BCUT2D eigenvalue weighted by Crippen LogP contribution is 2.25. The number of aromatic amines is 1. The Morgan fingerprint density at radius 2 is 2.04 bits per heavy atom. The van der Waals surface area contributed by atoms with Crippen molar-refractivity contribution in [3.8, 4) is 0 Å². The zero-order valence-electron chi connectivity index (χ0n) is 15.4. The Hall–Kier alpha value is -2.06. The number of aryl methyl sites for hydroxylation is 1. The van der Waals surface area contributed by atoms with Crippen LogP contribution in [-0.4, -0.2) is 75.5 Å². The van der Waals surface area contributed by atoms with Gasteiger partial charge in [0.15, 0.2) is 5.16 Å². The van der Waals surface area contributed by atoms with Gasteiger partial charge in [0, 0.05) is 44.5 Å². The maximum atomic E-state index is 12.4. The molecular formula is C19H26N6OS. The molecular weight excluding hydrogens is 360 g/mol. The van der Waals surface area contributed by atoms with Crippen molar-refractivity contribution in [2.24, 2.45) is 0 Å². The summed E-state index contributed by atoms with van der Waals surface area (Å²) in [6.45, 7) is 4.17. The van der Waals surface area contributed by atoms with E-state index in [0.717, 1.165) is 43.5 Å². The number of carbonyl (C=O) groups excluding carboxylic acids is 1. The van der Waals surface area contributed by atoms with Crippen molar-refractivity contribution in [3.05, 3.63) is 41.7 Å². The van der Waals surface area contributed by atoms with Crippen molar-refractivity contribution in [1.29, 1.82) is 0 Å². The maximum absolute atomic E-state index is 12.4. The van der Waals surface area contributed by atoms with Crippen molar-refractivity contribution in [3.63, 3.8) is 0 Å². The zero-order valence-corrected chi connectivity index (χ0v) is 16.2. The first-order valence-corrected chi connectivity index (χ1v) is 10.6. The van der Waals surface area contributed by atoms with Gasteiger partial charge in [0.05, 0.1) is 0 Å². The van der Waals surface area contributed by atoms with Crippen molar-refractivity contribution < 1.29 is 4.79 Å². The standard InChI is InChI=1S/C19H26N6OS/c26-19(20-7-12-27-18-21-14-22-23-18)25-10-8-24(9-11-25)17-6-5-15-3-1-2-4-16(15)13-17/h1-4,14,17H,5-13H2,(H,20,26)(H,21,22,23)/t17-/m1/s1. The van der Waals surface area contributed by atoms with Gasteiger partial charge in [-0.1, -0.05) is 36.0 Å². The van der Waals surface area contributed by atoms with Crippen LogP contribution in [0.25, 0.3) is 0 Å². The number of piperazine rings is 1. The number of hydrogen-bond acceptors (Lipinski definition) is 5. The van der Waals surface area contributed by atoms with Crippen molar-refractivity contribution in [1.82, 2.24) is 30.3 Å². The summed E-state index contributed by atoms with van der Waals surface area (Å²) in [5.41, 5.74) is 3.01. The Morgan fingerprint density at radius 1 is 1.22 bits per heavy atom. The fourth-order valence-corrected chi connectivity index (χ4v) is 4.60. The molecule has 27 heavy (non-hydrogen) atoms. The number of nitrogens with one attached hydrogen (secondary N) is 2. The van der Waals surface area contributed by atoms with Crippen LogP contribution in [0.1, 0.15) is 17.5 Å². The molecule has 0 spiro atoms. The molecule has 1 saturated heterocycles. The number of hydrogen-bond donors (Lipinski definition) is 2. The number of nitrogens with zero attached hydrogens (tertiary/aromatic N) is 4. The highest BCUT2D eigenvalue weighted by molar-refractivity contribution is 7.99. The molecule has 1 aromatic carbocycles. The molecule has 144 valence electrons. The molecule has 2 aromatic rings. The minimum atomic E-state index is 0.0433. The molecule has 1 aromatic heterocycles. The Balaban J connectivity index is 1.18. The van der Waals surface area contributed by atoms with Gasteiger partial charge in [-0.05, 0) is 30.4 Å². The minimum absolute atomic E-state index is 0.0433. The van der Waals surface area contributed by atoms with Crippen LogP contribution in [0.15, 0.2) is 35.7 Å². The lowest BCUT2D eigenvalue weighted by molar-refractivity contribution is 0.102. The third-order valence-electron chi connectivity index (χ3n) is 5.45. The summed E-state index contributed by atoms with van der Waals surface area (Å²) in [6, 6.07) is 9.46. The number of H-pyrrole nitrogens is 1. The van der Waals surface area contributed by atoms with Gasteiger partial charge in [-0.25, -0.2) is 9.78 Å². The van der Waals surface area contributed by atoms with E-state index in [1.54, 1.807) is 11.8 Å². The largest absolute Gasteiger partial charge is 0.337 e. The summed E-state index contributed by atoms with van der Waals surface area (Å²) < 4.78 is 0. The summed E-state index contributed by atoms with van der Waals surface area (Å²) in [5, 5.41) is 10.4. The van der Waals surface area contributed by atoms with E-state index in [0.29, 0.717) is 12.6 Å². The zero-order chi connectivity index (χ0) is 18.5. The molecule has 4 rings (SSSR count). The number of urea groups is 1. The van der Waals surface area contributed by atoms with E-state index in [2.05, 4.69) is 49.7 Å². The molecule has 8 heteroatoms. The Bertz CT molecular complexity index is 744. The number of fused-ring (bicyclic) bond motifs is 1. The van der Waals surface area contributed by atoms with Crippen LogP contribution in [0.2, 0.25) is 0 Å². The lowest BCUT2D eigenvalue weighted by atomic mass is 9.87. The van der Waals surface area contributed by atoms with E-state index in [1.165, 1.54) is 30.3 Å². The SMILES string of the molecule is O=C(NCCSc1ncn[nH]1)N1CCN([C@@H]2CCc3ccccc3C2)CC1. The van der Waals surface area contributed by atoms with Gasteiger partial charge < -0.3 is 10.2 Å². The molecule has 7 nitrogen and oxygen atoms in total. The Kier molecular flexibility index (Phi) is 5.94. The number of carbonyl (C=O) groups is 1. The van der Waals surface area contributed by atoms with Crippen molar-refractivity contribution in [2.75, 3.05) is 38.5 Å². The third kappa shape index (κ3) is 4.62. The molecule has 2 aliphatic rings. The highest BCUT2D eigenvalue weighted by atomic mass is 32.2. The van der Waals surface area contributed by atoms with Crippen LogP contribution in [-0.2, 0) is 12.8 Å². The first-order chi connectivity index (χ1) is 13.3. The van der Waals surface area contributed by atoms with E-state index in [1.807, 2.05) is 4.90 Å². The van der Waals surface area contributed by atoms with Crippen molar-refractivity contribution in [2.45, 2.75) is 30.5 Å². The molecule has 1 fully saturated rings. The summed E-state index contributed by atoms with van der Waals surface area (Å²) in [4.78, 5) is 20.9. The Labute approximate surface area is 163 Å². The predicted octanol–water partition coefficient (Wildman–Crippen LogP) is 1.78.